The standard InChI is InChI=1S/C17H18Cl2FN3O2S/c18-16-10-13(11-17(19)21-16)12-22-6-1-7-23(9-8-22)26(24,25)15-4-2-14(20)3-5-15/h2-5,10-11H,1,6-9,12H2. The van der Waals surface area contributed by atoms with E-state index in [-0.39, 0.29) is 4.90 Å². The first-order chi connectivity index (χ1) is 12.3. The summed E-state index contributed by atoms with van der Waals surface area (Å²) in [4.78, 5) is 6.19. The Kier molecular flexibility index (Phi) is 6.14. The molecular weight excluding hydrogens is 400 g/mol. The molecule has 1 aromatic heterocycles. The molecule has 0 spiro atoms. The first-order valence-corrected chi connectivity index (χ1v) is 10.3. The summed E-state index contributed by atoms with van der Waals surface area (Å²) in [7, 11) is -3.62. The van der Waals surface area contributed by atoms with Crippen LogP contribution in [-0.4, -0.2) is 48.8 Å². The molecule has 1 saturated heterocycles. The zero-order valence-electron chi connectivity index (χ0n) is 13.9. The van der Waals surface area contributed by atoms with Gasteiger partial charge in [-0.25, -0.2) is 17.8 Å². The van der Waals surface area contributed by atoms with E-state index in [2.05, 4.69) is 9.88 Å². The number of aromatic nitrogens is 1. The van der Waals surface area contributed by atoms with E-state index in [1.807, 2.05) is 0 Å². The first-order valence-electron chi connectivity index (χ1n) is 8.14. The lowest BCUT2D eigenvalue weighted by Gasteiger charge is -2.22. The SMILES string of the molecule is O=S(=O)(c1ccc(F)cc1)N1CCCN(Cc2cc(Cl)nc(Cl)c2)CC1. The second-order valence-corrected chi connectivity index (χ2v) is 8.82. The van der Waals surface area contributed by atoms with Crippen molar-refractivity contribution in [2.24, 2.45) is 0 Å². The highest BCUT2D eigenvalue weighted by Gasteiger charge is 2.27. The molecule has 1 aliphatic rings. The molecule has 0 saturated carbocycles. The van der Waals surface area contributed by atoms with Gasteiger partial charge in [-0.05, 0) is 54.9 Å². The number of hydrogen-bond acceptors (Lipinski definition) is 4. The van der Waals surface area contributed by atoms with E-state index in [1.165, 1.54) is 16.4 Å². The molecule has 140 valence electrons. The maximum Gasteiger partial charge on any atom is 0.243 e. The van der Waals surface area contributed by atoms with Gasteiger partial charge in [0, 0.05) is 26.2 Å². The number of rotatable bonds is 4. The molecule has 1 aliphatic heterocycles. The summed E-state index contributed by atoms with van der Waals surface area (Å²) < 4.78 is 40.0. The van der Waals surface area contributed by atoms with Crippen LogP contribution in [0.5, 0.6) is 0 Å². The number of hydrogen-bond donors (Lipinski definition) is 0. The average Bonchev–Trinajstić information content (AvgIpc) is 2.80. The van der Waals surface area contributed by atoms with Gasteiger partial charge in [-0.1, -0.05) is 23.2 Å². The quantitative estimate of drug-likeness (QED) is 0.715. The first kappa shape index (κ1) is 19.5. The Bertz CT molecular complexity index is 858. The lowest BCUT2D eigenvalue weighted by Crippen LogP contribution is -2.35. The average molecular weight is 418 g/mol. The van der Waals surface area contributed by atoms with Crippen molar-refractivity contribution in [3.05, 3.63) is 58.1 Å². The van der Waals surface area contributed by atoms with E-state index in [0.29, 0.717) is 42.9 Å². The van der Waals surface area contributed by atoms with Crippen molar-refractivity contribution >= 4 is 33.2 Å². The second kappa shape index (κ2) is 8.19. The molecule has 2 heterocycles. The van der Waals surface area contributed by atoms with Crippen molar-refractivity contribution < 1.29 is 12.8 Å². The highest BCUT2D eigenvalue weighted by molar-refractivity contribution is 7.89. The Morgan fingerprint density at radius 3 is 2.31 bits per heavy atom. The Hall–Kier alpha value is -1.25. The van der Waals surface area contributed by atoms with Gasteiger partial charge in [-0.15, -0.1) is 0 Å². The van der Waals surface area contributed by atoms with Gasteiger partial charge in [0.05, 0.1) is 4.90 Å². The van der Waals surface area contributed by atoms with Gasteiger partial charge in [-0.2, -0.15) is 4.31 Å². The summed E-state index contributed by atoms with van der Waals surface area (Å²) in [5.74, 6) is -0.458. The molecule has 0 radical (unpaired) electrons. The highest BCUT2D eigenvalue weighted by Crippen LogP contribution is 2.20. The summed E-state index contributed by atoms with van der Waals surface area (Å²) in [6.45, 7) is 2.75. The largest absolute Gasteiger partial charge is 0.298 e. The molecule has 1 fully saturated rings. The molecule has 26 heavy (non-hydrogen) atoms. The molecule has 1 aromatic carbocycles. The van der Waals surface area contributed by atoms with Crippen molar-refractivity contribution in [1.82, 2.24) is 14.2 Å². The van der Waals surface area contributed by atoms with Crippen molar-refractivity contribution in [3.8, 4) is 0 Å². The molecule has 2 aromatic rings. The number of pyridine rings is 1. The lowest BCUT2D eigenvalue weighted by molar-refractivity contribution is 0.278. The smallest absolute Gasteiger partial charge is 0.243 e. The molecule has 0 atom stereocenters. The molecule has 0 unspecified atom stereocenters. The fraction of sp³-hybridized carbons (Fsp3) is 0.353. The molecule has 0 aliphatic carbocycles. The lowest BCUT2D eigenvalue weighted by atomic mass is 10.2. The van der Waals surface area contributed by atoms with Gasteiger partial charge in [0.1, 0.15) is 16.1 Å². The summed E-state index contributed by atoms with van der Waals surface area (Å²) in [6.07, 6.45) is 0.701. The van der Waals surface area contributed by atoms with Crippen LogP contribution >= 0.6 is 23.2 Å². The molecule has 5 nitrogen and oxygen atoms in total. The summed E-state index contributed by atoms with van der Waals surface area (Å²) in [5, 5.41) is 0.672. The molecule has 0 bridgehead atoms. The van der Waals surface area contributed by atoms with Gasteiger partial charge in [-0.3, -0.25) is 4.90 Å². The molecule has 0 N–H and O–H groups in total. The third-order valence-corrected chi connectivity index (χ3v) is 6.53. The van der Waals surface area contributed by atoms with Crippen LogP contribution in [0.25, 0.3) is 0 Å². The molecule has 3 rings (SSSR count). The van der Waals surface area contributed by atoms with Crippen LogP contribution in [0.3, 0.4) is 0 Å². The fourth-order valence-electron chi connectivity index (χ4n) is 2.97. The van der Waals surface area contributed by atoms with Crippen LogP contribution in [0.1, 0.15) is 12.0 Å². The predicted octanol–water partition coefficient (Wildman–Crippen LogP) is 3.42. The van der Waals surface area contributed by atoms with Gasteiger partial charge in [0.25, 0.3) is 0 Å². The third kappa shape index (κ3) is 4.72. The summed E-state index contributed by atoms with van der Waals surface area (Å²) >= 11 is 11.9. The maximum atomic E-state index is 13.1. The molecular formula is C17H18Cl2FN3O2S. The van der Waals surface area contributed by atoms with E-state index in [4.69, 9.17) is 23.2 Å². The molecule has 0 amide bonds. The Balaban J connectivity index is 1.68. The highest BCUT2D eigenvalue weighted by atomic mass is 35.5. The van der Waals surface area contributed by atoms with E-state index >= 15 is 0 Å². The van der Waals surface area contributed by atoms with Crippen molar-refractivity contribution in [3.63, 3.8) is 0 Å². The topological polar surface area (TPSA) is 53.5 Å². The third-order valence-electron chi connectivity index (χ3n) is 4.23. The monoisotopic (exact) mass is 417 g/mol. The van der Waals surface area contributed by atoms with Crippen molar-refractivity contribution in [1.29, 1.82) is 0 Å². The van der Waals surface area contributed by atoms with E-state index in [9.17, 15) is 12.8 Å². The summed E-state index contributed by atoms with van der Waals surface area (Å²) in [5.41, 5.74) is 0.935. The number of halogens is 3. The second-order valence-electron chi connectivity index (χ2n) is 6.11. The van der Waals surface area contributed by atoms with Crippen molar-refractivity contribution in [2.75, 3.05) is 26.2 Å². The van der Waals surface area contributed by atoms with E-state index < -0.39 is 15.8 Å². The number of nitrogens with zero attached hydrogens (tertiary/aromatic N) is 3. The van der Waals surface area contributed by atoms with Gasteiger partial charge < -0.3 is 0 Å². The van der Waals surface area contributed by atoms with E-state index in [1.54, 1.807) is 12.1 Å². The summed E-state index contributed by atoms with van der Waals surface area (Å²) in [6, 6.07) is 8.43. The zero-order valence-corrected chi connectivity index (χ0v) is 16.2. The minimum Gasteiger partial charge on any atom is -0.298 e. The van der Waals surface area contributed by atoms with Crippen LogP contribution in [0, 0.1) is 5.82 Å². The van der Waals surface area contributed by atoms with Gasteiger partial charge >= 0.3 is 0 Å². The number of benzene rings is 1. The Morgan fingerprint density at radius 2 is 1.65 bits per heavy atom. The Labute approximate surface area is 162 Å². The van der Waals surface area contributed by atoms with Crippen molar-refractivity contribution in [2.45, 2.75) is 17.9 Å². The van der Waals surface area contributed by atoms with Crippen LogP contribution in [0.2, 0.25) is 10.3 Å². The fourth-order valence-corrected chi connectivity index (χ4v) is 4.94. The van der Waals surface area contributed by atoms with Crippen LogP contribution in [0.15, 0.2) is 41.3 Å². The van der Waals surface area contributed by atoms with Gasteiger partial charge in [0.15, 0.2) is 0 Å². The number of sulfonamides is 1. The minimum atomic E-state index is -3.62. The maximum absolute atomic E-state index is 13.1. The van der Waals surface area contributed by atoms with Crippen LogP contribution < -0.4 is 0 Å². The van der Waals surface area contributed by atoms with E-state index in [0.717, 1.165) is 24.2 Å². The molecule has 9 heteroatoms. The Morgan fingerprint density at radius 1 is 1.00 bits per heavy atom. The van der Waals surface area contributed by atoms with Crippen LogP contribution in [-0.2, 0) is 16.6 Å². The van der Waals surface area contributed by atoms with Crippen LogP contribution in [0.4, 0.5) is 4.39 Å². The minimum absolute atomic E-state index is 0.111. The predicted molar refractivity (Wildman–Crippen MR) is 99.3 cm³/mol. The normalized spacial score (nSPS) is 17.2. The zero-order chi connectivity index (χ0) is 18.7. The van der Waals surface area contributed by atoms with Gasteiger partial charge in [0.2, 0.25) is 10.0 Å².